The van der Waals surface area contributed by atoms with E-state index in [2.05, 4.69) is 10.3 Å². The Balaban J connectivity index is 2.54. The van der Waals surface area contributed by atoms with Crippen molar-refractivity contribution in [2.24, 2.45) is 0 Å². The van der Waals surface area contributed by atoms with Crippen molar-refractivity contribution >= 4 is 11.6 Å². The average Bonchev–Trinajstić information content (AvgIpc) is 2.64. The van der Waals surface area contributed by atoms with Crippen LogP contribution in [-0.2, 0) is 4.74 Å². The van der Waals surface area contributed by atoms with E-state index in [1.807, 2.05) is 6.92 Å². The van der Waals surface area contributed by atoms with E-state index >= 15 is 0 Å². The Kier molecular flexibility index (Phi) is 4.17. The van der Waals surface area contributed by atoms with Gasteiger partial charge in [-0.25, -0.2) is 0 Å². The molecule has 0 fully saturated rings. The summed E-state index contributed by atoms with van der Waals surface area (Å²) in [6.07, 6.45) is 2.42. The number of anilines is 1. The van der Waals surface area contributed by atoms with Crippen LogP contribution in [0, 0.1) is 0 Å². The molecule has 0 aliphatic rings. The van der Waals surface area contributed by atoms with Crippen LogP contribution in [-0.4, -0.2) is 30.6 Å². The van der Waals surface area contributed by atoms with Gasteiger partial charge >= 0.3 is 0 Å². The Bertz CT molecular complexity index is 322. The molecule has 1 aromatic rings. The van der Waals surface area contributed by atoms with Crippen molar-refractivity contribution in [2.75, 3.05) is 19.5 Å². The molecule has 5 nitrogen and oxygen atoms in total. The lowest BCUT2D eigenvalue weighted by molar-refractivity contribution is 0.0890. The van der Waals surface area contributed by atoms with Gasteiger partial charge < -0.3 is 20.8 Å². The number of hydrogen-bond donors (Lipinski definition) is 3. The largest absolute Gasteiger partial charge is 0.397 e. The zero-order valence-corrected chi connectivity index (χ0v) is 9.04. The fourth-order valence-corrected chi connectivity index (χ4v) is 1.27. The number of carbonyl (C=O) groups is 1. The topological polar surface area (TPSA) is 80.1 Å². The van der Waals surface area contributed by atoms with E-state index in [1.165, 1.54) is 0 Å². The summed E-state index contributed by atoms with van der Waals surface area (Å²) < 4.78 is 4.99. The van der Waals surface area contributed by atoms with Crippen LogP contribution in [0.4, 0.5) is 5.69 Å². The van der Waals surface area contributed by atoms with Crippen LogP contribution in [0.2, 0.25) is 0 Å². The van der Waals surface area contributed by atoms with Crippen molar-refractivity contribution in [3.63, 3.8) is 0 Å². The molecule has 4 N–H and O–H groups in total. The highest BCUT2D eigenvalue weighted by molar-refractivity contribution is 5.93. The van der Waals surface area contributed by atoms with Crippen LogP contribution in [0.5, 0.6) is 0 Å². The molecule has 0 radical (unpaired) electrons. The van der Waals surface area contributed by atoms with Gasteiger partial charge in [0.2, 0.25) is 0 Å². The van der Waals surface area contributed by atoms with Gasteiger partial charge in [-0.05, 0) is 12.5 Å². The molecule has 0 aromatic carbocycles. The molecule has 1 heterocycles. The number of nitrogens with two attached hydrogens (primary N) is 1. The fourth-order valence-electron chi connectivity index (χ4n) is 1.27. The van der Waals surface area contributed by atoms with E-state index in [4.69, 9.17) is 10.5 Å². The summed E-state index contributed by atoms with van der Waals surface area (Å²) in [5.41, 5.74) is 6.53. The number of amides is 1. The van der Waals surface area contributed by atoms with Gasteiger partial charge in [0.1, 0.15) is 5.69 Å². The predicted octanol–water partition coefficient (Wildman–Crippen LogP) is 0.752. The molecule has 1 rings (SSSR count). The van der Waals surface area contributed by atoms with Crippen molar-refractivity contribution in [1.29, 1.82) is 0 Å². The maximum absolute atomic E-state index is 11.6. The Labute approximate surface area is 89.0 Å². The number of nitrogen functional groups attached to an aromatic ring is 1. The Morgan fingerprint density at radius 2 is 2.47 bits per heavy atom. The smallest absolute Gasteiger partial charge is 0.268 e. The van der Waals surface area contributed by atoms with Crippen molar-refractivity contribution in [3.05, 3.63) is 18.0 Å². The van der Waals surface area contributed by atoms with E-state index in [0.717, 1.165) is 6.42 Å². The zero-order chi connectivity index (χ0) is 11.3. The molecular weight excluding hydrogens is 194 g/mol. The highest BCUT2D eigenvalue weighted by Gasteiger charge is 2.12. The third-order valence-electron chi connectivity index (χ3n) is 2.15. The Morgan fingerprint density at radius 1 is 1.73 bits per heavy atom. The maximum Gasteiger partial charge on any atom is 0.268 e. The molecule has 0 saturated heterocycles. The van der Waals surface area contributed by atoms with Crippen molar-refractivity contribution < 1.29 is 9.53 Å². The maximum atomic E-state index is 11.6. The lowest BCUT2D eigenvalue weighted by Crippen LogP contribution is -2.37. The molecule has 1 aromatic heterocycles. The summed E-state index contributed by atoms with van der Waals surface area (Å²) in [4.78, 5) is 14.4. The minimum Gasteiger partial charge on any atom is -0.397 e. The SMILES string of the molecule is CCC(COC)NC(=O)c1cc(N)c[nH]1. The molecule has 5 heteroatoms. The van der Waals surface area contributed by atoms with Crippen LogP contribution < -0.4 is 11.1 Å². The van der Waals surface area contributed by atoms with Crippen LogP contribution in [0.25, 0.3) is 0 Å². The summed E-state index contributed by atoms with van der Waals surface area (Å²) in [5.74, 6) is -0.157. The number of hydrogen-bond acceptors (Lipinski definition) is 3. The second kappa shape index (κ2) is 5.41. The van der Waals surface area contributed by atoms with Gasteiger partial charge in [-0.1, -0.05) is 6.92 Å². The summed E-state index contributed by atoms with van der Waals surface area (Å²) in [7, 11) is 1.61. The van der Waals surface area contributed by atoms with Gasteiger partial charge in [0, 0.05) is 19.0 Å². The summed E-state index contributed by atoms with van der Waals surface area (Å²) >= 11 is 0. The number of carbonyl (C=O) groups excluding carboxylic acids is 1. The highest BCUT2D eigenvalue weighted by atomic mass is 16.5. The highest BCUT2D eigenvalue weighted by Crippen LogP contribution is 2.05. The summed E-state index contributed by atoms with van der Waals surface area (Å²) in [6, 6.07) is 1.64. The quantitative estimate of drug-likeness (QED) is 0.672. The van der Waals surface area contributed by atoms with Crippen molar-refractivity contribution in [2.45, 2.75) is 19.4 Å². The number of aromatic nitrogens is 1. The van der Waals surface area contributed by atoms with Gasteiger partial charge in [-0.3, -0.25) is 4.79 Å². The predicted molar refractivity (Wildman–Crippen MR) is 58.6 cm³/mol. The van der Waals surface area contributed by atoms with E-state index in [1.54, 1.807) is 19.4 Å². The number of nitrogens with one attached hydrogen (secondary N) is 2. The number of rotatable bonds is 5. The molecule has 84 valence electrons. The van der Waals surface area contributed by atoms with Crippen LogP contribution >= 0.6 is 0 Å². The minimum atomic E-state index is -0.157. The number of ether oxygens (including phenoxy) is 1. The van der Waals surface area contributed by atoms with Gasteiger partial charge in [0.05, 0.1) is 12.6 Å². The molecule has 0 spiro atoms. The van der Waals surface area contributed by atoms with E-state index in [0.29, 0.717) is 18.0 Å². The van der Waals surface area contributed by atoms with E-state index in [-0.39, 0.29) is 11.9 Å². The van der Waals surface area contributed by atoms with Crippen molar-refractivity contribution in [1.82, 2.24) is 10.3 Å². The molecule has 0 aliphatic heterocycles. The first kappa shape index (κ1) is 11.6. The lowest BCUT2D eigenvalue weighted by atomic mass is 10.2. The third kappa shape index (κ3) is 3.28. The van der Waals surface area contributed by atoms with Gasteiger partial charge in [0.15, 0.2) is 0 Å². The third-order valence-corrected chi connectivity index (χ3v) is 2.15. The van der Waals surface area contributed by atoms with Gasteiger partial charge in [-0.15, -0.1) is 0 Å². The summed E-state index contributed by atoms with van der Waals surface area (Å²) in [5, 5.41) is 2.85. The van der Waals surface area contributed by atoms with Gasteiger partial charge in [0.25, 0.3) is 5.91 Å². The second-order valence-electron chi connectivity index (χ2n) is 3.38. The van der Waals surface area contributed by atoms with E-state index < -0.39 is 0 Å². The molecule has 1 atom stereocenters. The van der Waals surface area contributed by atoms with E-state index in [9.17, 15) is 4.79 Å². The molecule has 0 bridgehead atoms. The molecular formula is C10H17N3O2. The first-order valence-corrected chi connectivity index (χ1v) is 4.91. The standard InChI is InChI=1S/C10H17N3O2/c1-3-8(6-15-2)13-10(14)9-4-7(11)5-12-9/h4-5,8,12H,3,6,11H2,1-2H3,(H,13,14). The summed E-state index contributed by atoms with van der Waals surface area (Å²) in [6.45, 7) is 2.51. The lowest BCUT2D eigenvalue weighted by Gasteiger charge is -2.14. The Hall–Kier alpha value is -1.49. The second-order valence-corrected chi connectivity index (χ2v) is 3.38. The fraction of sp³-hybridized carbons (Fsp3) is 0.500. The zero-order valence-electron chi connectivity index (χ0n) is 9.04. The monoisotopic (exact) mass is 211 g/mol. The molecule has 1 unspecified atom stereocenters. The number of H-pyrrole nitrogens is 1. The number of methoxy groups -OCH3 is 1. The molecule has 1 amide bonds. The van der Waals surface area contributed by atoms with Crippen molar-refractivity contribution in [3.8, 4) is 0 Å². The first-order valence-electron chi connectivity index (χ1n) is 4.91. The minimum absolute atomic E-state index is 0.0343. The first-order chi connectivity index (χ1) is 7.17. The molecule has 15 heavy (non-hydrogen) atoms. The van der Waals surface area contributed by atoms with Crippen LogP contribution in [0.3, 0.4) is 0 Å². The average molecular weight is 211 g/mol. The van der Waals surface area contributed by atoms with Gasteiger partial charge in [-0.2, -0.15) is 0 Å². The molecule has 0 aliphatic carbocycles. The molecule has 0 saturated carbocycles. The van der Waals surface area contributed by atoms with Crippen LogP contribution in [0.15, 0.2) is 12.3 Å². The normalized spacial score (nSPS) is 12.4. The Morgan fingerprint density at radius 3 is 2.93 bits per heavy atom. The van der Waals surface area contributed by atoms with Crippen LogP contribution in [0.1, 0.15) is 23.8 Å². The number of aromatic amines is 1.